The first kappa shape index (κ1) is 18.1. The van der Waals surface area contributed by atoms with Crippen LogP contribution in [0, 0.1) is 0 Å². The molecule has 0 N–H and O–H groups in total. The van der Waals surface area contributed by atoms with Crippen LogP contribution in [-0.2, 0) is 17.7 Å². The van der Waals surface area contributed by atoms with E-state index < -0.39 is 0 Å². The van der Waals surface area contributed by atoms with Crippen LogP contribution in [-0.4, -0.2) is 35.3 Å². The van der Waals surface area contributed by atoms with Crippen molar-refractivity contribution in [1.29, 1.82) is 0 Å². The summed E-state index contributed by atoms with van der Waals surface area (Å²) in [4.78, 5) is 10.2. The molecule has 0 aromatic carbocycles. The van der Waals surface area contributed by atoms with Crippen LogP contribution in [0.5, 0.6) is 0 Å². The van der Waals surface area contributed by atoms with Crippen LogP contribution in [0.1, 0.15) is 78.4 Å². The quantitative estimate of drug-likeness (QED) is 0.702. The number of methoxy groups -OCH3 is 1. The Morgan fingerprint density at radius 3 is 2.88 bits per heavy atom. The zero-order valence-electron chi connectivity index (χ0n) is 15.7. The van der Waals surface area contributed by atoms with Crippen LogP contribution in [0.15, 0.2) is 16.7 Å². The van der Waals surface area contributed by atoms with Crippen molar-refractivity contribution in [3.05, 3.63) is 33.6 Å². The fourth-order valence-electron chi connectivity index (χ4n) is 4.27. The van der Waals surface area contributed by atoms with Gasteiger partial charge in [-0.15, -0.1) is 11.3 Å². The summed E-state index contributed by atoms with van der Waals surface area (Å²) in [5.41, 5.74) is 0. The fourth-order valence-corrected chi connectivity index (χ4v) is 5.47. The van der Waals surface area contributed by atoms with Gasteiger partial charge >= 0.3 is 0 Å². The van der Waals surface area contributed by atoms with Crippen LogP contribution in [0.3, 0.4) is 0 Å². The molecule has 26 heavy (non-hydrogen) atoms. The number of likely N-dealkylation sites (tertiary alicyclic amines) is 1. The standard InChI is InChI=1S/C20H29N3O2S/c1-24-13-11-19-21-20(25-22-19)17-8-4-5-12-23(17)14-16-9-10-18(26-16)15-6-2-3-7-15/h9-10,15,17H,2-8,11-14H2,1H3/t17-/m0/s1. The summed E-state index contributed by atoms with van der Waals surface area (Å²) in [7, 11) is 1.70. The molecule has 4 rings (SSSR count). The highest BCUT2D eigenvalue weighted by Crippen LogP contribution is 2.39. The molecule has 1 aliphatic carbocycles. The van der Waals surface area contributed by atoms with Gasteiger partial charge < -0.3 is 9.26 Å². The van der Waals surface area contributed by atoms with Gasteiger partial charge in [0.2, 0.25) is 5.89 Å². The van der Waals surface area contributed by atoms with E-state index >= 15 is 0 Å². The van der Waals surface area contributed by atoms with Crippen molar-refractivity contribution >= 4 is 11.3 Å². The third-order valence-electron chi connectivity index (χ3n) is 5.71. The van der Waals surface area contributed by atoms with Crippen LogP contribution in [0.4, 0.5) is 0 Å². The number of aromatic nitrogens is 2. The lowest BCUT2D eigenvalue weighted by atomic mass is 10.0. The molecule has 2 fully saturated rings. The highest BCUT2D eigenvalue weighted by atomic mass is 32.1. The number of piperidine rings is 1. The molecule has 2 aromatic heterocycles. The van der Waals surface area contributed by atoms with Gasteiger partial charge in [-0.2, -0.15) is 4.98 Å². The van der Waals surface area contributed by atoms with Crippen LogP contribution in [0.25, 0.3) is 0 Å². The largest absolute Gasteiger partial charge is 0.384 e. The first-order chi connectivity index (χ1) is 12.8. The van der Waals surface area contributed by atoms with Crippen LogP contribution < -0.4 is 0 Å². The van der Waals surface area contributed by atoms with Gasteiger partial charge in [-0.05, 0) is 50.3 Å². The van der Waals surface area contributed by atoms with Gasteiger partial charge in [-0.25, -0.2) is 0 Å². The van der Waals surface area contributed by atoms with Crippen molar-refractivity contribution in [2.75, 3.05) is 20.3 Å². The van der Waals surface area contributed by atoms with E-state index in [1.54, 1.807) is 12.0 Å². The van der Waals surface area contributed by atoms with Crippen LogP contribution >= 0.6 is 11.3 Å². The number of hydrogen-bond acceptors (Lipinski definition) is 6. The SMILES string of the molecule is COCCc1noc([C@@H]2CCCCN2Cc2ccc(C3CCCC3)s2)n1. The predicted octanol–water partition coefficient (Wildman–Crippen LogP) is 4.70. The summed E-state index contributed by atoms with van der Waals surface area (Å²) in [6, 6.07) is 4.95. The van der Waals surface area contributed by atoms with Gasteiger partial charge in [0.15, 0.2) is 5.82 Å². The van der Waals surface area contributed by atoms with Crippen LogP contribution in [0.2, 0.25) is 0 Å². The molecule has 5 nitrogen and oxygen atoms in total. The Hall–Kier alpha value is -1.24. The zero-order chi connectivity index (χ0) is 17.8. The second-order valence-electron chi connectivity index (χ2n) is 7.56. The van der Waals surface area contributed by atoms with E-state index in [-0.39, 0.29) is 6.04 Å². The molecular formula is C20H29N3O2S. The molecule has 0 radical (unpaired) electrons. The van der Waals surface area contributed by atoms with Crippen molar-refractivity contribution < 1.29 is 9.26 Å². The third-order valence-corrected chi connectivity index (χ3v) is 6.94. The van der Waals surface area contributed by atoms with E-state index in [9.17, 15) is 0 Å². The lowest BCUT2D eigenvalue weighted by molar-refractivity contribution is 0.112. The summed E-state index contributed by atoms with van der Waals surface area (Å²) in [5, 5.41) is 4.14. The predicted molar refractivity (Wildman–Crippen MR) is 102 cm³/mol. The molecule has 2 aromatic rings. The lowest BCUT2D eigenvalue weighted by Gasteiger charge is -2.32. The van der Waals surface area contributed by atoms with E-state index in [1.165, 1.54) is 43.4 Å². The summed E-state index contributed by atoms with van der Waals surface area (Å²) >= 11 is 2.01. The minimum Gasteiger partial charge on any atom is -0.384 e. The summed E-state index contributed by atoms with van der Waals surface area (Å²) in [6.07, 6.45) is 9.84. The van der Waals surface area contributed by atoms with E-state index in [2.05, 4.69) is 27.2 Å². The van der Waals surface area contributed by atoms with Crippen molar-refractivity contribution in [3.8, 4) is 0 Å². The average molecular weight is 376 g/mol. The number of hydrogen-bond donors (Lipinski definition) is 0. The second kappa shape index (κ2) is 8.63. The molecule has 0 bridgehead atoms. The van der Waals surface area contributed by atoms with Gasteiger partial charge in [0.25, 0.3) is 0 Å². The molecule has 1 saturated carbocycles. The maximum absolute atomic E-state index is 5.60. The molecule has 142 valence electrons. The Morgan fingerprint density at radius 1 is 1.19 bits per heavy atom. The van der Waals surface area contributed by atoms with E-state index in [0.717, 1.165) is 37.1 Å². The van der Waals surface area contributed by atoms with Crippen molar-refractivity contribution in [3.63, 3.8) is 0 Å². The smallest absolute Gasteiger partial charge is 0.244 e. The molecule has 0 unspecified atom stereocenters. The normalized spacial score (nSPS) is 22.3. The first-order valence-electron chi connectivity index (χ1n) is 9.97. The Morgan fingerprint density at radius 2 is 2.04 bits per heavy atom. The van der Waals surface area contributed by atoms with Gasteiger partial charge in [-0.1, -0.05) is 24.4 Å². The molecule has 0 amide bonds. The molecule has 0 spiro atoms. The maximum Gasteiger partial charge on any atom is 0.244 e. The number of rotatable bonds is 7. The Balaban J connectivity index is 1.43. The summed E-state index contributed by atoms with van der Waals surface area (Å²) in [5.74, 6) is 2.35. The second-order valence-corrected chi connectivity index (χ2v) is 8.76. The Bertz CT molecular complexity index is 693. The minimum atomic E-state index is 0.254. The molecule has 3 heterocycles. The third kappa shape index (κ3) is 4.18. The van der Waals surface area contributed by atoms with Gasteiger partial charge in [0, 0.05) is 29.8 Å². The molecule has 6 heteroatoms. The van der Waals surface area contributed by atoms with E-state index in [0.29, 0.717) is 13.0 Å². The van der Waals surface area contributed by atoms with Crippen molar-refractivity contribution in [2.24, 2.45) is 0 Å². The number of ether oxygens (including phenoxy) is 1. The first-order valence-corrected chi connectivity index (χ1v) is 10.8. The zero-order valence-corrected chi connectivity index (χ0v) is 16.5. The molecule has 2 aliphatic rings. The Kier molecular flexibility index (Phi) is 6.02. The van der Waals surface area contributed by atoms with Gasteiger partial charge in [0.05, 0.1) is 12.6 Å². The minimum absolute atomic E-state index is 0.254. The molecule has 1 saturated heterocycles. The monoisotopic (exact) mass is 375 g/mol. The average Bonchev–Trinajstić information content (AvgIpc) is 3.41. The fraction of sp³-hybridized carbons (Fsp3) is 0.700. The number of nitrogens with zero attached hydrogens (tertiary/aromatic N) is 3. The van der Waals surface area contributed by atoms with Gasteiger partial charge in [-0.3, -0.25) is 4.90 Å². The maximum atomic E-state index is 5.60. The summed E-state index contributed by atoms with van der Waals surface area (Å²) < 4.78 is 10.7. The Labute approximate surface area is 159 Å². The van der Waals surface area contributed by atoms with Crippen molar-refractivity contribution in [1.82, 2.24) is 15.0 Å². The topological polar surface area (TPSA) is 51.4 Å². The van der Waals surface area contributed by atoms with Gasteiger partial charge in [0.1, 0.15) is 0 Å². The lowest BCUT2D eigenvalue weighted by Crippen LogP contribution is -2.32. The van der Waals surface area contributed by atoms with Crippen molar-refractivity contribution in [2.45, 2.75) is 69.9 Å². The van der Waals surface area contributed by atoms with E-state index in [1.807, 2.05) is 11.3 Å². The molecule has 1 aliphatic heterocycles. The van der Waals surface area contributed by atoms with E-state index in [4.69, 9.17) is 9.26 Å². The molecule has 1 atom stereocenters. The highest BCUT2D eigenvalue weighted by molar-refractivity contribution is 7.12. The highest BCUT2D eigenvalue weighted by Gasteiger charge is 2.29. The number of thiophene rings is 1. The summed E-state index contributed by atoms with van der Waals surface area (Å²) in [6.45, 7) is 2.74. The molecular weight excluding hydrogens is 346 g/mol.